The van der Waals surface area contributed by atoms with Crippen LogP contribution in [-0.4, -0.2) is 31.6 Å². The Hall–Kier alpha value is -2.51. The van der Waals surface area contributed by atoms with E-state index in [1.807, 2.05) is 47.1 Å². The van der Waals surface area contributed by atoms with Gasteiger partial charge in [0.1, 0.15) is 5.25 Å². The van der Waals surface area contributed by atoms with Gasteiger partial charge in [0.15, 0.2) is 5.82 Å². The summed E-state index contributed by atoms with van der Waals surface area (Å²) in [6.45, 7) is 0. The molecule has 3 aromatic rings. The van der Waals surface area contributed by atoms with Crippen LogP contribution in [0.15, 0.2) is 59.8 Å². The van der Waals surface area contributed by atoms with Crippen molar-refractivity contribution in [1.82, 2.24) is 14.9 Å². The Bertz CT molecular complexity index is 1050. The second-order valence-electron chi connectivity index (χ2n) is 7.83. The number of thioether (sulfide) groups is 1. The summed E-state index contributed by atoms with van der Waals surface area (Å²) >= 11 is 7.47. The molecule has 0 radical (unpaired) electrons. The van der Waals surface area contributed by atoms with Gasteiger partial charge in [0.25, 0.3) is 0 Å². The van der Waals surface area contributed by atoms with Crippen LogP contribution in [0.1, 0.15) is 32.1 Å². The van der Waals surface area contributed by atoms with Crippen molar-refractivity contribution in [1.29, 1.82) is 0 Å². The molecule has 1 atom stereocenters. The topological polar surface area (TPSA) is 71.8 Å². The highest BCUT2D eigenvalue weighted by molar-refractivity contribution is 8.00. The van der Waals surface area contributed by atoms with Gasteiger partial charge in [-0.1, -0.05) is 73.0 Å². The van der Waals surface area contributed by atoms with Crippen LogP contribution in [0.4, 0.5) is 5.69 Å². The first-order valence-corrected chi connectivity index (χ1v) is 11.4. The lowest BCUT2D eigenvalue weighted by atomic mass is 9.79. The highest BCUT2D eigenvalue weighted by Gasteiger charge is 2.49. The molecule has 1 fully saturated rings. The van der Waals surface area contributed by atoms with Crippen LogP contribution < -0.4 is 10.7 Å². The molecule has 2 aromatic carbocycles. The lowest BCUT2D eigenvalue weighted by molar-refractivity contribution is -0.117. The highest BCUT2D eigenvalue weighted by Crippen LogP contribution is 2.44. The number of nitrogens with one attached hydrogen (secondary N) is 2. The van der Waals surface area contributed by atoms with Crippen LogP contribution in [0.3, 0.4) is 0 Å². The molecule has 154 valence electrons. The molecule has 1 aliphatic carbocycles. The summed E-state index contributed by atoms with van der Waals surface area (Å²) < 4.78 is 1.97. The number of nitrogens with zero attached hydrogens (tertiary/aromatic N) is 3. The average molecular weight is 440 g/mol. The second-order valence-corrected chi connectivity index (χ2v) is 9.34. The van der Waals surface area contributed by atoms with E-state index in [0.29, 0.717) is 10.2 Å². The van der Waals surface area contributed by atoms with Crippen molar-refractivity contribution in [3.05, 3.63) is 59.6 Å². The lowest BCUT2D eigenvalue weighted by Crippen LogP contribution is -2.59. The van der Waals surface area contributed by atoms with Crippen molar-refractivity contribution in [3.63, 3.8) is 0 Å². The van der Waals surface area contributed by atoms with Gasteiger partial charge in [0, 0.05) is 16.3 Å². The molecule has 6 nitrogen and oxygen atoms in total. The van der Waals surface area contributed by atoms with Crippen molar-refractivity contribution in [2.75, 3.05) is 10.7 Å². The van der Waals surface area contributed by atoms with Crippen LogP contribution in [0.25, 0.3) is 11.4 Å². The van der Waals surface area contributed by atoms with Crippen LogP contribution in [-0.2, 0) is 4.79 Å². The fraction of sp³-hybridized carbons (Fsp3) is 0.318. The zero-order chi connectivity index (χ0) is 20.6. The van der Waals surface area contributed by atoms with Crippen LogP contribution >= 0.6 is 23.4 Å². The predicted molar refractivity (Wildman–Crippen MR) is 120 cm³/mol. The van der Waals surface area contributed by atoms with E-state index in [1.165, 1.54) is 18.2 Å². The van der Waals surface area contributed by atoms with E-state index in [-0.39, 0.29) is 16.7 Å². The van der Waals surface area contributed by atoms with Gasteiger partial charge in [-0.05, 0) is 37.1 Å². The molecule has 2 N–H and O–H groups in total. The van der Waals surface area contributed by atoms with Crippen molar-refractivity contribution in [3.8, 4) is 11.4 Å². The summed E-state index contributed by atoms with van der Waals surface area (Å²) in [5, 5.41) is 12.9. The Balaban J connectivity index is 1.48. The molecular formula is C22H22ClN5OS. The molecule has 0 saturated heterocycles. The van der Waals surface area contributed by atoms with E-state index in [1.54, 1.807) is 12.1 Å². The molecule has 1 amide bonds. The van der Waals surface area contributed by atoms with Gasteiger partial charge in [-0.15, -0.1) is 10.2 Å². The number of halogens is 1. The molecule has 1 saturated carbocycles. The number of rotatable bonds is 3. The van der Waals surface area contributed by atoms with Gasteiger partial charge in [0.05, 0.1) is 5.54 Å². The number of hydrogen-bond acceptors (Lipinski definition) is 5. The minimum atomic E-state index is -0.335. The first-order chi connectivity index (χ1) is 14.6. The summed E-state index contributed by atoms with van der Waals surface area (Å²) in [4.78, 5) is 13.4. The number of fused-ring (bicyclic) bond motifs is 1. The zero-order valence-electron chi connectivity index (χ0n) is 16.3. The number of amides is 1. The average Bonchev–Trinajstić information content (AvgIpc) is 3.18. The number of carbonyl (C=O) groups excluding carboxylic acids is 1. The maximum absolute atomic E-state index is 13.4. The maximum Gasteiger partial charge on any atom is 0.240 e. The van der Waals surface area contributed by atoms with Gasteiger partial charge >= 0.3 is 0 Å². The van der Waals surface area contributed by atoms with Crippen molar-refractivity contribution in [2.45, 2.75) is 48.0 Å². The fourth-order valence-electron chi connectivity index (χ4n) is 4.32. The van der Waals surface area contributed by atoms with Crippen molar-refractivity contribution < 1.29 is 4.79 Å². The Morgan fingerprint density at radius 3 is 2.53 bits per heavy atom. The van der Waals surface area contributed by atoms with Gasteiger partial charge in [-0.25, -0.2) is 4.68 Å². The maximum atomic E-state index is 13.4. The van der Waals surface area contributed by atoms with Crippen molar-refractivity contribution >= 4 is 35.0 Å². The number of carbonyl (C=O) groups is 1. The minimum absolute atomic E-state index is 0.0211. The molecule has 1 aromatic heterocycles. The molecular weight excluding hydrogens is 418 g/mol. The second kappa shape index (κ2) is 7.96. The molecule has 5 rings (SSSR count). The van der Waals surface area contributed by atoms with E-state index < -0.39 is 0 Å². The SMILES string of the molecule is O=C(Nc1ccc(Cl)cc1)C1Sc2nnc(-c3ccccc3)n2NC12CCCCC2. The molecule has 2 aliphatic rings. The Labute approximate surface area is 184 Å². The summed E-state index contributed by atoms with van der Waals surface area (Å²) in [6.07, 6.45) is 5.25. The standard InChI is InChI=1S/C22H22ClN5OS/c23-16-9-11-17(12-10-16)24-20(29)18-22(13-5-2-6-14-22)27-28-19(25-26-21(28)30-18)15-7-3-1-4-8-15/h1,3-4,7-12,18,27H,2,5-6,13-14H2,(H,24,29). The molecule has 0 bridgehead atoms. The third kappa shape index (κ3) is 3.56. The van der Waals surface area contributed by atoms with Crippen LogP contribution in [0, 0.1) is 0 Å². The van der Waals surface area contributed by atoms with E-state index in [2.05, 4.69) is 20.9 Å². The fourth-order valence-corrected chi connectivity index (χ4v) is 5.67. The monoisotopic (exact) mass is 439 g/mol. The normalized spacial score (nSPS) is 19.7. The number of anilines is 1. The molecule has 1 spiro atoms. The van der Waals surface area contributed by atoms with E-state index in [0.717, 1.165) is 42.8 Å². The first-order valence-electron chi connectivity index (χ1n) is 10.2. The summed E-state index contributed by atoms with van der Waals surface area (Å²) in [6, 6.07) is 17.2. The molecule has 2 heterocycles. The number of benzene rings is 2. The van der Waals surface area contributed by atoms with E-state index in [4.69, 9.17) is 11.6 Å². The smallest absolute Gasteiger partial charge is 0.240 e. The molecule has 30 heavy (non-hydrogen) atoms. The summed E-state index contributed by atoms with van der Waals surface area (Å²) in [5.41, 5.74) is 5.08. The van der Waals surface area contributed by atoms with Crippen molar-refractivity contribution in [2.24, 2.45) is 0 Å². The van der Waals surface area contributed by atoms with E-state index >= 15 is 0 Å². The number of aromatic nitrogens is 3. The first kappa shape index (κ1) is 19.5. The summed E-state index contributed by atoms with van der Waals surface area (Å²) in [5.74, 6) is 0.756. The van der Waals surface area contributed by atoms with E-state index in [9.17, 15) is 4.79 Å². The molecule has 1 unspecified atom stereocenters. The Morgan fingerprint density at radius 2 is 1.80 bits per heavy atom. The van der Waals surface area contributed by atoms with Gasteiger partial charge in [0.2, 0.25) is 11.1 Å². The van der Waals surface area contributed by atoms with Crippen LogP contribution in [0.2, 0.25) is 5.02 Å². The largest absolute Gasteiger partial charge is 0.325 e. The Morgan fingerprint density at radius 1 is 1.07 bits per heavy atom. The lowest BCUT2D eigenvalue weighted by Gasteiger charge is -2.46. The third-order valence-electron chi connectivity index (χ3n) is 5.82. The van der Waals surface area contributed by atoms with Crippen LogP contribution in [0.5, 0.6) is 0 Å². The predicted octanol–water partition coefficient (Wildman–Crippen LogP) is 4.96. The zero-order valence-corrected chi connectivity index (χ0v) is 17.9. The van der Waals surface area contributed by atoms with Gasteiger partial charge in [-0.3, -0.25) is 4.79 Å². The molecule has 1 aliphatic heterocycles. The Kier molecular flexibility index (Phi) is 5.16. The third-order valence-corrected chi connectivity index (χ3v) is 7.45. The molecule has 8 heteroatoms. The highest BCUT2D eigenvalue weighted by atomic mass is 35.5. The minimum Gasteiger partial charge on any atom is -0.325 e. The summed E-state index contributed by atoms with van der Waals surface area (Å²) in [7, 11) is 0. The number of hydrogen-bond donors (Lipinski definition) is 2. The van der Waals surface area contributed by atoms with Gasteiger partial charge in [-0.2, -0.15) is 0 Å². The quantitative estimate of drug-likeness (QED) is 0.603. The van der Waals surface area contributed by atoms with Gasteiger partial charge < -0.3 is 10.7 Å².